The molecule has 1 heterocycles. The van der Waals surface area contributed by atoms with Crippen molar-refractivity contribution in [3.05, 3.63) is 83.4 Å². The zero-order valence-corrected chi connectivity index (χ0v) is 19.9. The monoisotopic (exact) mass is 456 g/mol. The first-order valence-electron chi connectivity index (χ1n) is 11.9. The molecule has 0 saturated carbocycles. The van der Waals surface area contributed by atoms with E-state index in [1.54, 1.807) is 12.1 Å². The minimum atomic E-state index is -0.314. The number of hydrogen-bond donors (Lipinski definition) is 3. The van der Waals surface area contributed by atoms with Gasteiger partial charge >= 0.3 is 6.03 Å². The number of anilines is 4. The van der Waals surface area contributed by atoms with Gasteiger partial charge in [-0.1, -0.05) is 37.1 Å². The summed E-state index contributed by atoms with van der Waals surface area (Å²) in [5.41, 5.74) is 5.90. The van der Waals surface area contributed by atoms with Gasteiger partial charge in [0.15, 0.2) is 0 Å². The summed E-state index contributed by atoms with van der Waals surface area (Å²) in [5, 5.41) is 8.90. The Bertz CT molecular complexity index is 1150. The molecule has 4 rings (SSSR count). The zero-order valence-electron chi connectivity index (χ0n) is 19.9. The smallest absolute Gasteiger partial charge is 0.323 e. The molecule has 0 spiro atoms. The van der Waals surface area contributed by atoms with Crippen molar-refractivity contribution in [2.24, 2.45) is 0 Å². The maximum atomic E-state index is 12.9. The largest absolute Gasteiger partial charge is 0.370 e. The lowest BCUT2D eigenvalue weighted by Crippen LogP contribution is -2.27. The summed E-state index contributed by atoms with van der Waals surface area (Å²) in [5.74, 6) is -0.186. The van der Waals surface area contributed by atoms with Crippen LogP contribution in [-0.2, 0) is 0 Å². The Hall–Kier alpha value is -3.80. The summed E-state index contributed by atoms with van der Waals surface area (Å²) >= 11 is 0. The standard InChI is InChI=1S/C28H32N4O2/c1-20-12-13-23(18-21(20)2)30-28(34)31-25-19-24(29-27(33)22-10-6-5-7-11-22)14-15-26(25)32-16-8-3-4-9-17-32/h5-7,10-15,18-19H,3-4,8-9,16-17H2,1-2H3,(H,29,33)(H2,30,31,34). The number of nitrogens with zero attached hydrogens (tertiary/aromatic N) is 1. The Kier molecular flexibility index (Phi) is 7.48. The second-order valence-corrected chi connectivity index (χ2v) is 8.83. The molecule has 3 aromatic rings. The molecule has 1 aliphatic rings. The third-order valence-electron chi connectivity index (χ3n) is 6.25. The molecule has 3 N–H and O–H groups in total. The van der Waals surface area contributed by atoms with Crippen LogP contribution in [0.1, 0.15) is 47.2 Å². The summed E-state index contributed by atoms with van der Waals surface area (Å²) in [6, 6.07) is 20.3. The fraction of sp³-hybridized carbons (Fsp3) is 0.286. The number of carbonyl (C=O) groups excluding carboxylic acids is 2. The van der Waals surface area contributed by atoms with Crippen molar-refractivity contribution in [1.29, 1.82) is 0 Å². The number of hydrogen-bond acceptors (Lipinski definition) is 3. The lowest BCUT2D eigenvalue weighted by atomic mass is 10.1. The van der Waals surface area contributed by atoms with E-state index in [4.69, 9.17) is 0 Å². The quantitative estimate of drug-likeness (QED) is 0.406. The maximum absolute atomic E-state index is 12.9. The first-order chi connectivity index (χ1) is 16.5. The van der Waals surface area contributed by atoms with E-state index < -0.39 is 0 Å². The summed E-state index contributed by atoms with van der Waals surface area (Å²) in [7, 11) is 0. The van der Waals surface area contributed by atoms with Gasteiger partial charge in [-0.25, -0.2) is 4.79 Å². The Morgan fingerprint density at radius 1 is 0.706 bits per heavy atom. The number of aryl methyl sites for hydroxylation is 2. The Balaban J connectivity index is 1.57. The number of nitrogens with one attached hydrogen (secondary N) is 3. The topological polar surface area (TPSA) is 73.5 Å². The Morgan fingerprint density at radius 3 is 2.09 bits per heavy atom. The lowest BCUT2D eigenvalue weighted by Gasteiger charge is -2.26. The Labute approximate surface area is 201 Å². The highest BCUT2D eigenvalue weighted by atomic mass is 16.2. The van der Waals surface area contributed by atoms with Crippen molar-refractivity contribution < 1.29 is 9.59 Å². The van der Waals surface area contributed by atoms with Crippen LogP contribution in [-0.4, -0.2) is 25.0 Å². The molecule has 0 atom stereocenters. The second kappa shape index (κ2) is 10.9. The van der Waals surface area contributed by atoms with E-state index in [0.717, 1.165) is 42.9 Å². The number of carbonyl (C=O) groups is 2. The first-order valence-corrected chi connectivity index (χ1v) is 11.9. The van der Waals surface area contributed by atoms with Crippen LogP contribution in [0.5, 0.6) is 0 Å². The molecule has 34 heavy (non-hydrogen) atoms. The van der Waals surface area contributed by atoms with Crippen LogP contribution < -0.4 is 20.9 Å². The molecule has 0 radical (unpaired) electrons. The Morgan fingerprint density at radius 2 is 1.38 bits per heavy atom. The normalized spacial score (nSPS) is 13.6. The fourth-order valence-corrected chi connectivity index (χ4v) is 4.20. The molecule has 3 aromatic carbocycles. The van der Waals surface area contributed by atoms with E-state index in [0.29, 0.717) is 16.9 Å². The fourth-order valence-electron chi connectivity index (χ4n) is 4.20. The van der Waals surface area contributed by atoms with Crippen molar-refractivity contribution >= 4 is 34.7 Å². The molecule has 176 valence electrons. The second-order valence-electron chi connectivity index (χ2n) is 8.83. The molecular formula is C28H32N4O2. The number of benzene rings is 3. The van der Waals surface area contributed by atoms with Crippen molar-refractivity contribution in [3.8, 4) is 0 Å². The summed E-state index contributed by atoms with van der Waals surface area (Å²) in [6.45, 7) is 5.96. The summed E-state index contributed by atoms with van der Waals surface area (Å²) in [4.78, 5) is 27.9. The van der Waals surface area contributed by atoms with E-state index >= 15 is 0 Å². The van der Waals surface area contributed by atoms with Crippen LogP contribution >= 0.6 is 0 Å². The van der Waals surface area contributed by atoms with Gasteiger partial charge in [-0.2, -0.15) is 0 Å². The molecule has 0 bridgehead atoms. The van der Waals surface area contributed by atoms with Gasteiger partial charge in [0.05, 0.1) is 11.4 Å². The van der Waals surface area contributed by atoms with E-state index in [1.165, 1.54) is 18.4 Å². The zero-order chi connectivity index (χ0) is 23.9. The molecule has 0 unspecified atom stereocenters. The van der Waals surface area contributed by atoms with E-state index in [9.17, 15) is 9.59 Å². The highest BCUT2D eigenvalue weighted by Crippen LogP contribution is 2.31. The third-order valence-corrected chi connectivity index (χ3v) is 6.25. The molecule has 6 heteroatoms. The minimum Gasteiger partial charge on any atom is -0.370 e. The summed E-state index contributed by atoms with van der Waals surface area (Å²) < 4.78 is 0. The van der Waals surface area contributed by atoms with E-state index in [2.05, 4.69) is 20.9 Å². The minimum absolute atomic E-state index is 0.186. The first kappa shape index (κ1) is 23.4. The van der Waals surface area contributed by atoms with Crippen LogP contribution in [0.15, 0.2) is 66.7 Å². The molecule has 0 aliphatic carbocycles. The van der Waals surface area contributed by atoms with Gasteiger partial charge < -0.3 is 20.9 Å². The van der Waals surface area contributed by atoms with Gasteiger partial charge in [0.25, 0.3) is 5.91 Å². The van der Waals surface area contributed by atoms with Crippen molar-refractivity contribution in [3.63, 3.8) is 0 Å². The highest BCUT2D eigenvalue weighted by molar-refractivity contribution is 6.06. The number of rotatable bonds is 5. The summed E-state index contributed by atoms with van der Waals surface area (Å²) in [6.07, 6.45) is 4.69. The predicted octanol–water partition coefficient (Wildman–Crippen LogP) is 6.58. The van der Waals surface area contributed by atoms with Crippen LogP contribution in [0, 0.1) is 13.8 Å². The van der Waals surface area contributed by atoms with Crippen LogP contribution in [0.2, 0.25) is 0 Å². The molecule has 0 aromatic heterocycles. The highest BCUT2D eigenvalue weighted by Gasteiger charge is 2.17. The van der Waals surface area contributed by atoms with Crippen molar-refractivity contribution in [1.82, 2.24) is 0 Å². The molecule has 1 fully saturated rings. The number of amides is 3. The average Bonchev–Trinajstić information content (AvgIpc) is 3.12. The van der Waals surface area contributed by atoms with Gasteiger partial charge in [-0.3, -0.25) is 4.79 Å². The molecular weight excluding hydrogens is 424 g/mol. The van der Waals surface area contributed by atoms with E-state index in [1.807, 2.05) is 68.4 Å². The maximum Gasteiger partial charge on any atom is 0.323 e. The van der Waals surface area contributed by atoms with Gasteiger partial charge in [0, 0.05) is 30.0 Å². The van der Waals surface area contributed by atoms with Crippen molar-refractivity contribution in [2.75, 3.05) is 33.9 Å². The molecule has 3 amide bonds. The third kappa shape index (κ3) is 5.95. The van der Waals surface area contributed by atoms with Gasteiger partial charge in [0.2, 0.25) is 0 Å². The SMILES string of the molecule is Cc1ccc(NC(=O)Nc2cc(NC(=O)c3ccccc3)ccc2N2CCCCCC2)cc1C. The van der Waals surface area contributed by atoms with Crippen LogP contribution in [0.4, 0.5) is 27.5 Å². The van der Waals surface area contributed by atoms with Gasteiger partial charge in [-0.05, 0) is 80.3 Å². The van der Waals surface area contributed by atoms with Gasteiger partial charge in [0.1, 0.15) is 0 Å². The molecule has 1 saturated heterocycles. The van der Waals surface area contributed by atoms with Crippen LogP contribution in [0.3, 0.4) is 0 Å². The van der Waals surface area contributed by atoms with Crippen molar-refractivity contribution in [2.45, 2.75) is 39.5 Å². The molecule has 1 aliphatic heterocycles. The predicted molar refractivity (Wildman–Crippen MR) is 140 cm³/mol. The van der Waals surface area contributed by atoms with E-state index in [-0.39, 0.29) is 11.9 Å². The average molecular weight is 457 g/mol. The van der Waals surface area contributed by atoms with Gasteiger partial charge in [-0.15, -0.1) is 0 Å². The number of urea groups is 1. The van der Waals surface area contributed by atoms with Crippen LogP contribution in [0.25, 0.3) is 0 Å². The lowest BCUT2D eigenvalue weighted by molar-refractivity contribution is 0.102. The molecule has 6 nitrogen and oxygen atoms in total.